The normalized spacial score (nSPS) is 21.2. The Balaban J connectivity index is 1.92. The summed E-state index contributed by atoms with van der Waals surface area (Å²) in [5.41, 5.74) is 9.12. The van der Waals surface area contributed by atoms with Crippen LogP contribution in [0.5, 0.6) is 0 Å². The van der Waals surface area contributed by atoms with Gasteiger partial charge in [0.2, 0.25) is 0 Å². The van der Waals surface area contributed by atoms with Crippen LogP contribution in [0.15, 0.2) is 16.9 Å². The molecule has 146 valence electrons. The molecule has 0 bridgehead atoms. The third-order valence-corrected chi connectivity index (χ3v) is 6.08. The highest BCUT2D eigenvalue weighted by molar-refractivity contribution is 5.90. The number of hydrogen-bond acceptors (Lipinski definition) is 4. The summed E-state index contributed by atoms with van der Waals surface area (Å²) in [6.45, 7) is 5.80. The molecule has 2 fully saturated rings. The summed E-state index contributed by atoms with van der Waals surface area (Å²) in [4.78, 5) is 14.9. The van der Waals surface area contributed by atoms with Crippen molar-refractivity contribution in [1.82, 2.24) is 4.57 Å². The van der Waals surface area contributed by atoms with Crippen LogP contribution in [0, 0.1) is 18.7 Å². The molecule has 1 saturated carbocycles. The maximum atomic E-state index is 15.2. The van der Waals surface area contributed by atoms with Gasteiger partial charge in [-0.2, -0.15) is 0 Å². The van der Waals surface area contributed by atoms with Crippen LogP contribution in [0.3, 0.4) is 0 Å². The largest absolute Gasteiger partial charge is 0.380 e. The number of hydrogen-bond donors (Lipinski definition) is 1. The molecule has 2 N–H and O–H groups in total. The molecule has 1 aromatic carbocycles. The third kappa shape index (κ3) is 3.15. The predicted octanol–water partition coefficient (Wildman–Crippen LogP) is 3.10. The second-order valence-electron chi connectivity index (χ2n) is 8.12. The van der Waals surface area contributed by atoms with Gasteiger partial charge in [-0.3, -0.25) is 4.79 Å². The van der Waals surface area contributed by atoms with E-state index in [4.69, 9.17) is 10.5 Å². The van der Waals surface area contributed by atoms with Crippen molar-refractivity contribution in [2.45, 2.75) is 51.8 Å². The summed E-state index contributed by atoms with van der Waals surface area (Å²) in [5, 5.41) is 0.782. The molecule has 0 amide bonds. The average Bonchev–Trinajstić information content (AvgIpc) is 3.32. The first-order valence-electron chi connectivity index (χ1n) is 9.79. The molecule has 1 aliphatic heterocycles. The quantitative estimate of drug-likeness (QED) is 0.875. The second-order valence-corrected chi connectivity index (χ2v) is 8.12. The van der Waals surface area contributed by atoms with E-state index in [-0.39, 0.29) is 23.5 Å². The van der Waals surface area contributed by atoms with E-state index in [9.17, 15) is 4.79 Å². The van der Waals surface area contributed by atoms with Crippen molar-refractivity contribution in [2.24, 2.45) is 11.7 Å². The Labute approximate surface area is 158 Å². The molecule has 4 rings (SSSR count). The molecule has 1 unspecified atom stereocenters. The Morgan fingerprint density at radius 2 is 2.07 bits per heavy atom. The highest BCUT2D eigenvalue weighted by atomic mass is 19.1. The molecule has 1 aromatic heterocycles. The van der Waals surface area contributed by atoms with Gasteiger partial charge in [-0.25, -0.2) is 4.39 Å². The predicted molar refractivity (Wildman–Crippen MR) is 106 cm³/mol. The zero-order chi connectivity index (χ0) is 19.3. The van der Waals surface area contributed by atoms with Crippen molar-refractivity contribution in [3.8, 4) is 0 Å². The third-order valence-electron chi connectivity index (χ3n) is 6.08. The number of nitrogens with two attached hydrogens (primary N) is 1. The first-order chi connectivity index (χ1) is 12.9. The summed E-state index contributed by atoms with van der Waals surface area (Å²) in [5.74, 6) is 0.133. The van der Waals surface area contributed by atoms with Crippen molar-refractivity contribution in [3.05, 3.63) is 39.4 Å². The Morgan fingerprint density at radius 3 is 2.67 bits per heavy atom. The van der Waals surface area contributed by atoms with Gasteiger partial charge in [0, 0.05) is 43.7 Å². The molecule has 2 atom stereocenters. The molecular formula is C21H28FN3O2. The SMILES string of the molecule is COCc1cc(=O)n(C2CC2)c2c(C)c(N3CCC([C@H](C)N)C3)c(F)cc12. The first kappa shape index (κ1) is 18.4. The Bertz CT molecular complexity index is 933. The molecule has 2 aromatic rings. The number of nitrogens with zero attached hydrogens (tertiary/aromatic N) is 2. The molecule has 1 saturated heterocycles. The lowest BCUT2D eigenvalue weighted by Crippen LogP contribution is -2.30. The van der Waals surface area contributed by atoms with E-state index in [0.717, 1.165) is 54.4 Å². The van der Waals surface area contributed by atoms with Gasteiger partial charge >= 0.3 is 0 Å². The number of aryl methyl sites for hydroxylation is 1. The number of pyridine rings is 1. The summed E-state index contributed by atoms with van der Waals surface area (Å²) in [6, 6.07) is 3.51. The topological polar surface area (TPSA) is 60.5 Å². The smallest absolute Gasteiger partial charge is 0.251 e. The van der Waals surface area contributed by atoms with Crippen LogP contribution in [0.4, 0.5) is 10.1 Å². The Hall–Kier alpha value is -1.92. The fourth-order valence-corrected chi connectivity index (χ4v) is 4.50. The van der Waals surface area contributed by atoms with Gasteiger partial charge in [0.15, 0.2) is 0 Å². The molecule has 2 aliphatic rings. The Kier molecular flexibility index (Phi) is 4.72. The minimum absolute atomic E-state index is 0.0208. The molecule has 5 nitrogen and oxygen atoms in total. The lowest BCUT2D eigenvalue weighted by atomic mass is 10.0. The van der Waals surface area contributed by atoms with Crippen LogP contribution >= 0.6 is 0 Å². The minimum Gasteiger partial charge on any atom is -0.380 e. The van der Waals surface area contributed by atoms with Crippen LogP contribution in [0.25, 0.3) is 10.9 Å². The van der Waals surface area contributed by atoms with Gasteiger partial charge in [0.25, 0.3) is 5.56 Å². The summed E-state index contributed by atoms with van der Waals surface area (Å²) in [6.07, 6.45) is 2.97. The van der Waals surface area contributed by atoms with Crippen molar-refractivity contribution in [1.29, 1.82) is 0 Å². The number of ether oxygens (including phenoxy) is 1. The van der Waals surface area contributed by atoms with E-state index in [0.29, 0.717) is 18.2 Å². The molecule has 1 aliphatic carbocycles. The first-order valence-corrected chi connectivity index (χ1v) is 9.79. The van der Waals surface area contributed by atoms with Gasteiger partial charge in [0.1, 0.15) is 5.82 Å². The van der Waals surface area contributed by atoms with Gasteiger partial charge in [-0.1, -0.05) is 0 Å². The standard InChI is InChI=1S/C21H28FN3O2/c1-12-20-17(15(11-27-3)8-19(26)25(20)16-4-5-16)9-18(22)21(12)24-7-6-14(10-24)13(2)23/h8-9,13-14,16H,4-7,10-11,23H2,1-3H3/t13-,14?/m0/s1. The van der Waals surface area contributed by atoms with Crippen LogP contribution < -0.4 is 16.2 Å². The molecule has 0 spiro atoms. The highest BCUT2D eigenvalue weighted by Crippen LogP contribution is 2.41. The van der Waals surface area contributed by atoms with E-state index in [1.54, 1.807) is 19.2 Å². The van der Waals surface area contributed by atoms with Gasteiger partial charge < -0.3 is 19.9 Å². The van der Waals surface area contributed by atoms with Crippen LogP contribution in [0.2, 0.25) is 0 Å². The number of methoxy groups -OCH3 is 1. The lowest BCUT2D eigenvalue weighted by Gasteiger charge is -2.25. The van der Waals surface area contributed by atoms with Gasteiger partial charge in [-0.15, -0.1) is 0 Å². The number of aromatic nitrogens is 1. The Morgan fingerprint density at radius 1 is 1.33 bits per heavy atom. The molecule has 27 heavy (non-hydrogen) atoms. The van der Waals surface area contributed by atoms with Gasteiger partial charge in [-0.05, 0) is 56.2 Å². The van der Waals surface area contributed by atoms with E-state index >= 15 is 4.39 Å². The molecular weight excluding hydrogens is 345 g/mol. The number of benzene rings is 1. The zero-order valence-corrected chi connectivity index (χ0v) is 16.3. The van der Waals surface area contributed by atoms with Crippen LogP contribution in [-0.4, -0.2) is 30.8 Å². The van der Waals surface area contributed by atoms with E-state index in [2.05, 4.69) is 4.90 Å². The van der Waals surface area contributed by atoms with E-state index in [1.807, 2.05) is 18.4 Å². The van der Waals surface area contributed by atoms with E-state index < -0.39 is 0 Å². The van der Waals surface area contributed by atoms with Crippen LogP contribution in [0.1, 0.15) is 43.4 Å². The van der Waals surface area contributed by atoms with Gasteiger partial charge in [0.05, 0.1) is 17.8 Å². The summed E-state index contributed by atoms with van der Waals surface area (Å²) >= 11 is 0. The number of halogens is 1. The molecule has 0 radical (unpaired) electrons. The molecule has 2 heterocycles. The minimum atomic E-state index is -0.233. The fourth-order valence-electron chi connectivity index (χ4n) is 4.50. The maximum absolute atomic E-state index is 15.2. The van der Waals surface area contributed by atoms with Crippen LogP contribution in [-0.2, 0) is 11.3 Å². The van der Waals surface area contributed by atoms with E-state index in [1.165, 1.54) is 0 Å². The second kappa shape index (κ2) is 6.91. The number of fused-ring (bicyclic) bond motifs is 1. The number of rotatable bonds is 5. The lowest BCUT2D eigenvalue weighted by molar-refractivity contribution is 0.186. The zero-order valence-electron chi connectivity index (χ0n) is 16.3. The molecule has 6 heteroatoms. The number of anilines is 1. The maximum Gasteiger partial charge on any atom is 0.251 e. The fraction of sp³-hybridized carbons (Fsp3) is 0.571. The summed E-state index contributed by atoms with van der Waals surface area (Å²) < 4.78 is 22.4. The van der Waals surface area contributed by atoms with Crippen molar-refractivity contribution in [2.75, 3.05) is 25.1 Å². The van der Waals surface area contributed by atoms with Crippen molar-refractivity contribution < 1.29 is 9.13 Å². The van der Waals surface area contributed by atoms with Crippen molar-refractivity contribution in [3.63, 3.8) is 0 Å². The highest BCUT2D eigenvalue weighted by Gasteiger charge is 2.32. The van der Waals surface area contributed by atoms with Crippen molar-refractivity contribution >= 4 is 16.6 Å². The monoisotopic (exact) mass is 373 g/mol. The average molecular weight is 373 g/mol. The summed E-state index contributed by atoms with van der Waals surface area (Å²) in [7, 11) is 1.59.